The summed E-state index contributed by atoms with van der Waals surface area (Å²) in [6, 6.07) is 13.0. The van der Waals surface area contributed by atoms with Gasteiger partial charge < -0.3 is 20.3 Å². The first-order valence-corrected chi connectivity index (χ1v) is 8.28. The zero-order chi connectivity index (χ0) is 18.4. The van der Waals surface area contributed by atoms with E-state index in [1.54, 1.807) is 24.5 Å². The number of ether oxygens (including phenoxy) is 2. The molecule has 2 aromatic carbocycles. The van der Waals surface area contributed by atoms with Crippen LogP contribution < -0.4 is 10.5 Å². The molecule has 0 aliphatic carbocycles. The Morgan fingerprint density at radius 1 is 1.04 bits per heavy atom. The van der Waals surface area contributed by atoms with Crippen molar-refractivity contribution in [3.8, 4) is 16.9 Å². The first-order valence-electron chi connectivity index (χ1n) is 8.28. The van der Waals surface area contributed by atoms with Crippen LogP contribution in [0.25, 0.3) is 21.9 Å². The predicted molar refractivity (Wildman–Crippen MR) is 99.1 cm³/mol. The molecule has 3 rings (SSSR count). The van der Waals surface area contributed by atoms with E-state index in [0.29, 0.717) is 25.4 Å². The summed E-state index contributed by atoms with van der Waals surface area (Å²) in [6.45, 7) is 1.15. The fraction of sp³-hybridized carbons (Fsp3) is 0.200. The molecule has 0 atom stereocenters. The van der Waals surface area contributed by atoms with Gasteiger partial charge in [-0.1, -0.05) is 18.2 Å². The molecule has 0 radical (unpaired) electrons. The minimum atomic E-state index is -0.457. The summed E-state index contributed by atoms with van der Waals surface area (Å²) >= 11 is 0. The van der Waals surface area contributed by atoms with Gasteiger partial charge in [0, 0.05) is 28.9 Å². The smallest absolute Gasteiger partial charge is 0.248 e. The SMILES string of the molecule is NC(=O)c1ccc2cncc(-c3ccc(OCCOCCO)cc3)c2c1. The van der Waals surface area contributed by atoms with Gasteiger partial charge in [0.25, 0.3) is 0 Å². The number of fused-ring (bicyclic) bond motifs is 1. The fourth-order valence-electron chi connectivity index (χ4n) is 2.66. The maximum absolute atomic E-state index is 11.5. The van der Waals surface area contributed by atoms with Gasteiger partial charge in [-0.2, -0.15) is 0 Å². The van der Waals surface area contributed by atoms with Crippen LogP contribution in [-0.4, -0.2) is 42.4 Å². The Morgan fingerprint density at radius 2 is 1.85 bits per heavy atom. The first kappa shape index (κ1) is 17.8. The molecule has 0 saturated heterocycles. The summed E-state index contributed by atoms with van der Waals surface area (Å²) in [5.41, 5.74) is 7.75. The summed E-state index contributed by atoms with van der Waals surface area (Å²) in [4.78, 5) is 15.7. The number of aliphatic hydroxyl groups is 1. The van der Waals surface area contributed by atoms with E-state index >= 15 is 0 Å². The van der Waals surface area contributed by atoms with E-state index in [1.807, 2.05) is 30.3 Å². The standard InChI is InChI=1S/C20H20N2O4/c21-20(24)15-1-2-16-12-22-13-19(18(16)11-15)14-3-5-17(6-4-14)26-10-9-25-8-7-23/h1-6,11-13,23H,7-10H2,(H2,21,24). The van der Waals surface area contributed by atoms with Crippen LogP contribution in [0.15, 0.2) is 54.9 Å². The van der Waals surface area contributed by atoms with Gasteiger partial charge in [0.2, 0.25) is 5.91 Å². The number of primary amides is 1. The number of carbonyl (C=O) groups excluding carboxylic acids is 1. The van der Waals surface area contributed by atoms with E-state index in [0.717, 1.165) is 27.6 Å². The van der Waals surface area contributed by atoms with Crippen molar-refractivity contribution >= 4 is 16.7 Å². The van der Waals surface area contributed by atoms with Gasteiger partial charge in [0.15, 0.2) is 0 Å². The number of amides is 1. The third-order valence-corrected chi connectivity index (χ3v) is 3.94. The van der Waals surface area contributed by atoms with Crippen LogP contribution >= 0.6 is 0 Å². The summed E-state index contributed by atoms with van der Waals surface area (Å²) in [6.07, 6.45) is 3.53. The average molecular weight is 352 g/mol. The van der Waals surface area contributed by atoms with Crippen molar-refractivity contribution < 1.29 is 19.4 Å². The maximum atomic E-state index is 11.5. The van der Waals surface area contributed by atoms with E-state index in [4.69, 9.17) is 20.3 Å². The van der Waals surface area contributed by atoms with E-state index in [1.165, 1.54) is 0 Å². The average Bonchev–Trinajstić information content (AvgIpc) is 2.67. The Kier molecular flexibility index (Phi) is 5.78. The van der Waals surface area contributed by atoms with Crippen LogP contribution in [0.2, 0.25) is 0 Å². The van der Waals surface area contributed by atoms with Crippen molar-refractivity contribution in [2.24, 2.45) is 5.73 Å². The lowest BCUT2D eigenvalue weighted by Crippen LogP contribution is -2.10. The zero-order valence-electron chi connectivity index (χ0n) is 14.2. The topological polar surface area (TPSA) is 94.7 Å². The normalized spacial score (nSPS) is 10.8. The number of aliphatic hydroxyl groups excluding tert-OH is 1. The lowest BCUT2D eigenvalue weighted by molar-refractivity contribution is 0.0705. The van der Waals surface area contributed by atoms with Crippen LogP contribution in [-0.2, 0) is 4.74 Å². The summed E-state index contributed by atoms with van der Waals surface area (Å²) in [7, 11) is 0. The Balaban J connectivity index is 1.80. The molecule has 6 heteroatoms. The Bertz CT molecular complexity index is 894. The minimum Gasteiger partial charge on any atom is -0.491 e. The van der Waals surface area contributed by atoms with Crippen molar-refractivity contribution in [2.45, 2.75) is 0 Å². The van der Waals surface area contributed by atoms with Gasteiger partial charge in [-0.05, 0) is 35.2 Å². The molecule has 1 aromatic heterocycles. The van der Waals surface area contributed by atoms with E-state index in [9.17, 15) is 4.79 Å². The molecule has 3 N–H and O–H groups in total. The van der Waals surface area contributed by atoms with Gasteiger partial charge >= 0.3 is 0 Å². The van der Waals surface area contributed by atoms with Gasteiger partial charge in [-0.15, -0.1) is 0 Å². The summed E-state index contributed by atoms with van der Waals surface area (Å²) < 4.78 is 10.8. The molecule has 0 saturated carbocycles. The number of carbonyl (C=O) groups is 1. The first-order chi connectivity index (χ1) is 12.7. The molecule has 0 fully saturated rings. The molecule has 1 amide bonds. The summed E-state index contributed by atoms with van der Waals surface area (Å²) in [5.74, 6) is 0.272. The Labute approximate surface area is 151 Å². The van der Waals surface area contributed by atoms with Crippen LogP contribution in [0.3, 0.4) is 0 Å². The van der Waals surface area contributed by atoms with Gasteiger partial charge in [-0.25, -0.2) is 0 Å². The second-order valence-electron chi connectivity index (χ2n) is 5.70. The van der Waals surface area contributed by atoms with Crippen molar-refractivity contribution in [2.75, 3.05) is 26.4 Å². The molecule has 0 aliphatic heterocycles. The highest BCUT2D eigenvalue weighted by molar-refractivity contribution is 6.02. The van der Waals surface area contributed by atoms with Crippen molar-refractivity contribution in [1.82, 2.24) is 4.98 Å². The monoisotopic (exact) mass is 352 g/mol. The second-order valence-corrected chi connectivity index (χ2v) is 5.70. The number of nitrogens with two attached hydrogens (primary N) is 1. The lowest BCUT2D eigenvalue weighted by atomic mass is 9.99. The van der Waals surface area contributed by atoms with Crippen molar-refractivity contribution in [3.05, 3.63) is 60.4 Å². The number of benzene rings is 2. The number of hydrogen-bond donors (Lipinski definition) is 2. The third-order valence-electron chi connectivity index (χ3n) is 3.94. The molecule has 0 spiro atoms. The largest absolute Gasteiger partial charge is 0.491 e. The van der Waals surface area contributed by atoms with Gasteiger partial charge in [0.05, 0.1) is 19.8 Å². The van der Waals surface area contributed by atoms with Gasteiger partial charge in [0.1, 0.15) is 12.4 Å². The number of rotatable bonds is 8. The molecule has 0 aliphatic rings. The van der Waals surface area contributed by atoms with E-state index in [2.05, 4.69) is 4.98 Å². The number of hydrogen-bond acceptors (Lipinski definition) is 5. The molecule has 0 unspecified atom stereocenters. The van der Waals surface area contributed by atoms with Gasteiger partial charge in [-0.3, -0.25) is 9.78 Å². The van der Waals surface area contributed by atoms with Crippen molar-refractivity contribution in [3.63, 3.8) is 0 Å². The number of pyridine rings is 1. The fourth-order valence-corrected chi connectivity index (χ4v) is 2.66. The zero-order valence-corrected chi connectivity index (χ0v) is 14.2. The quantitative estimate of drug-likeness (QED) is 0.607. The molecule has 1 heterocycles. The highest BCUT2D eigenvalue weighted by Crippen LogP contribution is 2.29. The minimum absolute atomic E-state index is 0.00519. The van der Waals surface area contributed by atoms with E-state index in [-0.39, 0.29) is 6.61 Å². The highest BCUT2D eigenvalue weighted by Gasteiger charge is 2.08. The molecule has 26 heavy (non-hydrogen) atoms. The third kappa shape index (κ3) is 4.17. The van der Waals surface area contributed by atoms with E-state index < -0.39 is 5.91 Å². The molecule has 0 bridgehead atoms. The summed E-state index contributed by atoms with van der Waals surface area (Å²) in [5, 5.41) is 10.5. The molecule has 6 nitrogen and oxygen atoms in total. The number of aromatic nitrogens is 1. The predicted octanol–water partition coefficient (Wildman–Crippen LogP) is 2.39. The number of nitrogens with zero attached hydrogens (tertiary/aromatic N) is 1. The van der Waals surface area contributed by atoms with Crippen LogP contribution in [0.4, 0.5) is 0 Å². The molecular weight excluding hydrogens is 332 g/mol. The van der Waals surface area contributed by atoms with Crippen LogP contribution in [0.1, 0.15) is 10.4 Å². The highest BCUT2D eigenvalue weighted by atomic mass is 16.5. The molecule has 134 valence electrons. The Hall–Kier alpha value is -2.96. The molecular formula is C20H20N2O4. The maximum Gasteiger partial charge on any atom is 0.248 e. The lowest BCUT2D eigenvalue weighted by Gasteiger charge is -2.10. The van der Waals surface area contributed by atoms with Crippen LogP contribution in [0.5, 0.6) is 5.75 Å². The van der Waals surface area contributed by atoms with Crippen LogP contribution in [0, 0.1) is 0 Å². The molecule has 3 aromatic rings. The second kappa shape index (κ2) is 8.42. The Morgan fingerprint density at radius 3 is 2.58 bits per heavy atom. The van der Waals surface area contributed by atoms with Crippen molar-refractivity contribution in [1.29, 1.82) is 0 Å².